The highest BCUT2D eigenvalue weighted by atomic mass is 19.1. The average molecular weight is 272 g/mol. The Kier molecular flexibility index (Phi) is 4.52. The number of nitrogens with one attached hydrogen (secondary N) is 1. The Bertz CT molecular complexity index is 504. The Balaban J connectivity index is 2.85. The fourth-order valence-electron chi connectivity index (χ4n) is 1.24. The molecule has 0 bridgehead atoms. The first-order valence-corrected chi connectivity index (χ1v) is 5.31. The summed E-state index contributed by atoms with van der Waals surface area (Å²) in [7, 11) is 0. The Morgan fingerprint density at radius 3 is 2.68 bits per heavy atom. The van der Waals surface area contributed by atoms with Crippen molar-refractivity contribution in [1.82, 2.24) is 5.32 Å². The molecule has 0 radical (unpaired) electrons. The van der Waals surface area contributed by atoms with E-state index in [2.05, 4.69) is 5.32 Å². The van der Waals surface area contributed by atoms with Crippen molar-refractivity contribution in [2.24, 2.45) is 0 Å². The first-order chi connectivity index (χ1) is 8.75. The van der Waals surface area contributed by atoms with E-state index in [0.717, 1.165) is 12.1 Å². The molecule has 8 heteroatoms. The van der Waals surface area contributed by atoms with Gasteiger partial charge >= 0.3 is 0 Å². The van der Waals surface area contributed by atoms with E-state index in [4.69, 9.17) is 5.11 Å². The Labute approximate surface area is 107 Å². The summed E-state index contributed by atoms with van der Waals surface area (Å²) in [5, 5.41) is 31.0. The molecule has 19 heavy (non-hydrogen) atoms. The van der Waals surface area contributed by atoms with Crippen LogP contribution in [-0.2, 0) is 0 Å². The quantitative estimate of drug-likeness (QED) is 0.523. The number of carbonyl (C=O) groups is 1. The molecule has 1 unspecified atom stereocenters. The maximum absolute atomic E-state index is 13.1. The zero-order valence-corrected chi connectivity index (χ0v) is 10.1. The minimum absolute atomic E-state index is 0.236. The molecule has 1 aromatic carbocycles. The third kappa shape index (κ3) is 4.27. The molecule has 0 aliphatic rings. The molecule has 1 atom stereocenters. The Morgan fingerprint density at radius 2 is 2.16 bits per heavy atom. The van der Waals surface area contributed by atoms with Crippen LogP contribution in [0.2, 0.25) is 0 Å². The van der Waals surface area contributed by atoms with E-state index in [0.29, 0.717) is 6.07 Å². The smallest absolute Gasteiger partial charge is 0.273 e. The predicted molar refractivity (Wildman–Crippen MR) is 63.1 cm³/mol. The number of nitro benzene ring substituents is 1. The summed E-state index contributed by atoms with van der Waals surface area (Å²) < 4.78 is 13.1. The van der Waals surface area contributed by atoms with Crippen LogP contribution >= 0.6 is 0 Å². The highest BCUT2D eigenvalue weighted by Crippen LogP contribution is 2.16. The van der Waals surface area contributed by atoms with Crippen LogP contribution in [0.15, 0.2) is 18.2 Å². The van der Waals surface area contributed by atoms with Gasteiger partial charge in [-0.3, -0.25) is 14.9 Å². The highest BCUT2D eigenvalue weighted by molar-refractivity contribution is 5.94. The molecule has 0 fully saturated rings. The average Bonchev–Trinajstić information content (AvgIpc) is 2.35. The van der Waals surface area contributed by atoms with Crippen LogP contribution in [0.4, 0.5) is 10.1 Å². The second-order valence-electron chi connectivity index (χ2n) is 4.29. The van der Waals surface area contributed by atoms with E-state index < -0.39 is 34.5 Å². The van der Waals surface area contributed by atoms with Gasteiger partial charge in [-0.15, -0.1) is 0 Å². The number of benzene rings is 1. The monoisotopic (exact) mass is 272 g/mol. The summed E-state index contributed by atoms with van der Waals surface area (Å²) in [5.41, 5.74) is -2.30. The standard InChI is InChI=1S/C11H13FN2O5/c1-11(17,6-15)5-13-10(16)7-2-8(12)4-9(3-7)14(18)19/h2-4,15,17H,5-6H2,1H3,(H,13,16). The van der Waals surface area contributed by atoms with Gasteiger partial charge in [0.1, 0.15) is 11.4 Å². The number of non-ortho nitro benzene ring substituents is 1. The molecular weight excluding hydrogens is 259 g/mol. The summed E-state index contributed by atoms with van der Waals surface area (Å²) >= 11 is 0. The van der Waals surface area contributed by atoms with Gasteiger partial charge in [-0.25, -0.2) is 4.39 Å². The van der Waals surface area contributed by atoms with Crippen molar-refractivity contribution >= 4 is 11.6 Å². The van der Waals surface area contributed by atoms with Crippen molar-refractivity contribution in [3.05, 3.63) is 39.7 Å². The first-order valence-electron chi connectivity index (χ1n) is 5.31. The molecule has 0 saturated carbocycles. The van der Waals surface area contributed by atoms with Crippen LogP contribution in [0, 0.1) is 15.9 Å². The number of aliphatic hydroxyl groups excluding tert-OH is 1. The van der Waals surface area contributed by atoms with Gasteiger partial charge < -0.3 is 15.5 Å². The minimum Gasteiger partial charge on any atom is -0.393 e. The molecule has 0 aliphatic carbocycles. The lowest BCUT2D eigenvalue weighted by Gasteiger charge is -2.20. The van der Waals surface area contributed by atoms with E-state index in [1.165, 1.54) is 6.92 Å². The summed E-state index contributed by atoms with van der Waals surface area (Å²) in [6, 6.07) is 2.46. The Morgan fingerprint density at radius 1 is 1.53 bits per heavy atom. The lowest BCUT2D eigenvalue weighted by molar-refractivity contribution is -0.385. The lowest BCUT2D eigenvalue weighted by Crippen LogP contribution is -2.43. The number of halogens is 1. The molecular formula is C11H13FN2O5. The molecule has 1 aromatic rings. The molecule has 0 spiro atoms. The maximum Gasteiger partial charge on any atom is 0.273 e. The van der Waals surface area contributed by atoms with Gasteiger partial charge in [-0.05, 0) is 13.0 Å². The zero-order chi connectivity index (χ0) is 14.6. The van der Waals surface area contributed by atoms with E-state index >= 15 is 0 Å². The summed E-state index contributed by atoms with van der Waals surface area (Å²) in [4.78, 5) is 21.4. The lowest BCUT2D eigenvalue weighted by atomic mass is 10.1. The fraction of sp³-hybridized carbons (Fsp3) is 0.364. The number of aliphatic hydroxyl groups is 2. The molecule has 0 aliphatic heterocycles. The van der Waals surface area contributed by atoms with E-state index in [-0.39, 0.29) is 12.1 Å². The summed E-state index contributed by atoms with van der Waals surface area (Å²) in [6.45, 7) is 0.449. The Hall–Kier alpha value is -2.06. The van der Waals surface area contributed by atoms with Crippen molar-refractivity contribution < 1.29 is 24.3 Å². The van der Waals surface area contributed by atoms with Gasteiger partial charge in [0.25, 0.3) is 11.6 Å². The third-order valence-electron chi connectivity index (χ3n) is 2.33. The van der Waals surface area contributed by atoms with Crippen molar-refractivity contribution in [3.63, 3.8) is 0 Å². The van der Waals surface area contributed by atoms with E-state index in [9.17, 15) is 24.4 Å². The molecule has 0 heterocycles. The van der Waals surface area contributed by atoms with Crippen LogP contribution in [-0.4, -0.2) is 39.8 Å². The van der Waals surface area contributed by atoms with Crippen LogP contribution < -0.4 is 5.32 Å². The van der Waals surface area contributed by atoms with Gasteiger partial charge in [-0.2, -0.15) is 0 Å². The number of hydrogen-bond donors (Lipinski definition) is 3. The SMILES string of the molecule is CC(O)(CO)CNC(=O)c1cc(F)cc([N+](=O)[O-])c1. The van der Waals surface area contributed by atoms with E-state index in [1.807, 2.05) is 0 Å². The summed E-state index contributed by atoms with van der Waals surface area (Å²) in [5.74, 6) is -1.69. The highest BCUT2D eigenvalue weighted by Gasteiger charge is 2.21. The van der Waals surface area contributed by atoms with Gasteiger partial charge in [0.05, 0.1) is 17.6 Å². The van der Waals surface area contributed by atoms with Gasteiger partial charge in [0.15, 0.2) is 0 Å². The fourth-order valence-corrected chi connectivity index (χ4v) is 1.24. The molecule has 1 rings (SSSR count). The third-order valence-corrected chi connectivity index (χ3v) is 2.33. The van der Waals surface area contributed by atoms with Gasteiger partial charge in [0.2, 0.25) is 0 Å². The van der Waals surface area contributed by atoms with Crippen molar-refractivity contribution in [2.45, 2.75) is 12.5 Å². The molecule has 0 saturated heterocycles. The van der Waals surface area contributed by atoms with Crippen molar-refractivity contribution in [1.29, 1.82) is 0 Å². The molecule has 0 aromatic heterocycles. The van der Waals surface area contributed by atoms with Crippen LogP contribution in [0.5, 0.6) is 0 Å². The van der Waals surface area contributed by atoms with Crippen molar-refractivity contribution in [2.75, 3.05) is 13.2 Å². The largest absolute Gasteiger partial charge is 0.393 e. The number of nitro groups is 1. The zero-order valence-electron chi connectivity index (χ0n) is 10.1. The number of rotatable bonds is 5. The second kappa shape index (κ2) is 5.72. The maximum atomic E-state index is 13.1. The molecule has 7 nitrogen and oxygen atoms in total. The predicted octanol–water partition coefficient (Wildman–Crippen LogP) is 0.207. The second-order valence-corrected chi connectivity index (χ2v) is 4.29. The first kappa shape index (κ1) is 15.0. The molecule has 3 N–H and O–H groups in total. The molecule has 104 valence electrons. The van der Waals surface area contributed by atoms with Crippen LogP contribution in [0.1, 0.15) is 17.3 Å². The number of amides is 1. The summed E-state index contributed by atoms with van der Waals surface area (Å²) in [6.07, 6.45) is 0. The molecule has 1 amide bonds. The topological polar surface area (TPSA) is 113 Å². The van der Waals surface area contributed by atoms with Crippen LogP contribution in [0.25, 0.3) is 0 Å². The van der Waals surface area contributed by atoms with Gasteiger partial charge in [0, 0.05) is 18.2 Å². The minimum atomic E-state index is -1.52. The van der Waals surface area contributed by atoms with Gasteiger partial charge in [-0.1, -0.05) is 0 Å². The normalized spacial score (nSPS) is 13.7. The number of carbonyl (C=O) groups excluding carboxylic acids is 1. The number of nitrogens with zero attached hydrogens (tertiary/aromatic N) is 1. The van der Waals surface area contributed by atoms with Crippen molar-refractivity contribution in [3.8, 4) is 0 Å². The van der Waals surface area contributed by atoms with Crippen LogP contribution in [0.3, 0.4) is 0 Å². The van der Waals surface area contributed by atoms with E-state index in [1.54, 1.807) is 0 Å². The number of hydrogen-bond acceptors (Lipinski definition) is 5.